The zero-order chi connectivity index (χ0) is 21.2. The zero-order valence-electron chi connectivity index (χ0n) is 16.7. The number of methoxy groups -OCH3 is 1. The second-order valence-electron chi connectivity index (χ2n) is 6.81. The fourth-order valence-electron chi connectivity index (χ4n) is 3.05. The van der Waals surface area contributed by atoms with Gasteiger partial charge < -0.3 is 20.1 Å². The highest BCUT2D eigenvalue weighted by molar-refractivity contribution is 5.99. The van der Waals surface area contributed by atoms with E-state index >= 15 is 0 Å². The van der Waals surface area contributed by atoms with Crippen LogP contribution in [0.2, 0.25) is 0 Å². The summed E-state index contributed by atoms with van der Waals surface area (Å²) in [7, 11) is 1.44. The highest BCUT2D eigenvalue weighted by Crippen LogP contribution is 2.17. The largest absolute Gasteiger partial charge is 0.496 e. The maximum absolute atomic E-state index is 12.2. The van der Waals surface area contributed by atoms with Crippen molar-refractivity contribution in [3.05, 3.63) is 29.8 Å². The average molecular weight is 405 g/mol. The molecule has 29 heavy (non-hydrogen) atoms. The fraction of sp³-hybridized carbons (Fsp3) is 0.500. The third kappa shape index (κ3) is 7.10. The summed E-state index contributed by atoms with van der Waals surface area (Å²) in [6, 6.07) is 6.02. The molecule has 9 nitrogen and oxygen atoms in total. The number of rotatable bonds is 7. The molecule has 1 atom stereocenters. The monoisotopic (exact) mass is 405 g/mol. The van der Waals surface area contributed by atoms with E-state index in [-0.39, 0.29) is 11.6 Å². The van der Waals surface area contributed by atoms with E-state index in [2.05, 4.69) is 16.0 Å². The lowest BCUT2D eigenvalue weighted by atomic mass is 9.96. The Morgan fingerprint density at radius 1 is 1.10 bits per heavy atom. The summed E-state index contributed by atoms with van der Waals surface area (Å²) in [5.74, 6) is -1.68. The van der Waals surface area contributed by atoms with Crippen LogP contribution in [0, 0.1) is 0 Å². The number of nitrogens with one attached hydrogen (secondary N) is 3. The van der Waals surface area contributed by atoms with E-state index in [0.717, 1.165) is 32.1 Å². The first-order valence-electron chi connectivity index (χ1n) is 9.62. The van der Waals surface area contributed by atoms with Gasteiger partial charge in [-0.05, 0) is 31.9 Å². The lowest BCUT2D eigenvalue weighted by Gasteiger charge is -2.23. The van der Waals surface area contributed by atoms with Crippen molar-refractivity contribution in [1.82, 2.24) is 16.0 Å². The predicted molar refractivity (Wildman–Crippen MR) is 104 cm³/mol. The number of para-hydroxylation sites is 1. The molecule has 4 amide bonds. The van der Waals surface area contributed by atoms with Gasteiger partial charge in [0.15, 0.2) is 6.10 Å². The van der Waals surface area contributed by atoms with Crippen molar-refractivity contribution >= 4 is 23.8 Å². The normalized spacial score (nSPS) is 15.0. The van der Waals surface area contributed by atoms with Gasteiger partial charge in [-0.2, -0.15) is 0 Å². The van der Waals surface area contributed by atoms with E-state index in [1.807, 2.05) is 0 Å². The van der Waals surface area contributed by atoms with Crippen molar-refractivity contribution in [1.29, 1.82) is 0 Å². The van der Waals surface area contributed by atoms with E-state index in [0.29, 0.717) is 5.75 Å². The lowest BCUT2D eigenvalue weighted by Crippen LogP contribution is -2.48. The lowest BCUT2D eigenvalue weighted by molar-refractivity contribution is -0.153. The third-order valence-corrected chi connectivity index (χ3v) is 4.60. The molecule has 158 valence electrons. The summed E-state index contributed by atoms with van der Waals surface area (Å²) < 4.78 is 10.1. The molecule has 0 radical (unpaired) electrons. The first kappa shape index (κ1) is 22.2. The van der Waals surface area contributed by atoms with Gasteiger partial charge in [0.2, 0.25) is 0 Å². The number of amides is 4. The van der Waals surface area contributed by atoms with Gasteiger partial charge in [-0.15, -0.1) is 0 Å². The van der Waals surface area contributed by atoms with Gasteiger partial charge in [-0.25, -0.2) is 4.79 Å². The minimum Gasteiger partial charge on any atom is -0.496 e. The molecular weight excluding hydrogens is 378 g/mol. The Kier molecular flexibility index (Phi) is 8.45. The number of imide groups is 1. The Morgan fingerprint density at radius 2 is 1.79 bits per heavy atom. The molecule has 0 spiro atoms. The molecule has 1 aliphatic carbocycles. The van der Waals surface area contributed by atoms with Gasteiger partial charge in [-0.1, -0.05) is 31.4 Å². The van der Waals surface area contributed by atoms with Gasteiger partial charge >= 0.3 is 12.0 Å². The molecule has 0 aromatic heterocycles. The van der Waals surface area contributed by atoms with E-state index < -0.39 is 36.5 Å². The quantitative estimate of drug-likeness (QED) is 0.591. The van der Waals surface area contributed by atoms with Gasteiger partial charge in [0, 0.05) is 6.04 Å². The number of esters is 1. The first-order chi connectivity index (χ1) is 13.9. The van der Waals surface area contributed by atoms with Crippen molar-refractivity contribution in [2.24, 2.45) is 0 Å². The summed E-state index contributed by atoms with van der Waals surface area (Å²) in [5.41, 5.74) is 0.271. The number of hydrogen-bond donors (Lipinski definition) is 3. The molecule has 1 fully saturated rings. The SMILES string of the molecule is COc1ccccc1C(=O)NCC(=O)O[C@@H](C)C(=O)NC(=O)NC1CCCCC1. The van der Waals surface area contributed by atoms with Crippen molar-refractivity contribution < 1.29 is 28.7 Å². The Hall–Kier alpha value is -3.10. The van der Waals surface area contributed by atoms with Crippen molar-refractivity contribution in [2.45, 2.75) is 51.2 Å². The van der Waals surface area contributed by atoms with Gasteiger partial charge in [-0.3, -0.25) is 19.7 Å². The molecule has 1 aromatic rings. The molecule has 1 aromatic carbocycles. The first-order valence-corrected chi connectivity index (χ1v) is 9.62. The van der Waals surface area contributed by atoms with Crippen LogP contribution in [0.25, 0.3) is 0 Å². The summed E-state index contributed by atoms with van der Waals surface area (Å²) in [6.07, 6.45) is 3.85. The number of urea groups is 1. The number of carbonyl (C=O) groups excluding carboxylic acids is 4. The van der Waals surface area contributed by atoms with Crippen molar-refractivity contribution in [2.75, 3.05) is 13.7 Å². The van der Waals surface area contributed by atoms with Gasteiger partial charge in [0.05, 0.1) is 12.7 Å². The number of carbonyl (C=O) groups is 4. The molecule has 9 heteroatoms. The second kappa shape index (κ2) is 11.0. The van der Waals surface area contributed by atoms with Crippen LogP contribution in [0.5, 0.6) is 5.75 Å². The molecule has 3 N–H and O–H groups in total. The van der Waals surface area contributed by atoms with Crippen LogP contribution in [0.1, 0.15) is 49.4 Å². The Balaban J connectivity index is 1.73. The molecule has 0 aliphatic heterocycles. The fourth-order valence-corrected chi connectivity index (χ4v) is 3.05. The smallest absolute Gasteiger partial charge is 0.326 e. The summed E-state index contributed by atoms with van der Waals surface area (Å²) in [5, 5.41) is 7.32. The van der Waals surface area contributed by atoms with E-state index in [1.165, 1.54) is 14.0 Å². The average Bonchev–Trinajstić information content (AvgIpc) is 2.72. The third-order valence-electron chi connectivity index (χ3n) is 4.60. The van der Waals surface area contributed by atoms with Crippen LogP contribution in [-0.2, 0) is 14.3 Å². The Morgan fingerprint density at radius 3 is 2.48 bits per heavy atom. The topological polar surface area (TPSA) is 123 Å². The van der Waals surface area contributed by atoms with Crippen LogP contribution >= 0.6 is 0 Å². The second-order valence-corrected chi connectivity index (χ2v) is 6.81. The number of benzene rings is 1. The molecule has 0 saturated heterocycles. The molecule has 1 saturated carbocycles. The van der Waals surface area contributed by atoms with E-state index in [1.54, 1.807) is 24.3 Å². The number of hydrogen-bond acceptors (Lipinski definition) is 6. The highest BCUT2D eigenvalue weighted by atomic mass is 16.5. The molecular formula is C20H27N3O6. The minimum absolute atomic E-state index is 0.0552. The van der Waals surface area contributed by atoms with Gasteiger partial charge in [0.1, 0.15) is 12.3 Å². The maximum Gasteiger partial charge on any atom is 0.326 e. The summed E-state index contributed by atoms with van der Waals surface area (Å²) in [6.45, 7) is 0.923. The molecule has 0 heterocycles. The van der Waals surface area contributed by atoms with Crippen LogP contribution in [-0.4, -0.2) is 49.6 Å². The van der Waals surface area contributed by atoms with E-state index in [4.69, 9.17) is 9.47 Å². The van der Waals surface area contributed by atoms with Crippen LogP contribution < -0.4 is 20.7 Å². The minimum atomic E-state index is -1.18. The molecule has 2 rings (SSSR count). The molecule has 1 aliphatic rings. The summed E-state index contributed by atoms with van der Waals surface area (Å²) in [4.78, 5) is 48.0. The zero-order valence-corrected chi connectivity index (χ0v) is 16.7. The van der Waals surface area contributed by atoms with Crippen LogP contribution in [0.4, 0.5) is 4.79 Å². The van der Waals surface area contributed by atoms with Crippen molar-refractivity contribution in [3.8, 4) is 5.75 Å². The maximum atomic E-state index is 12.2. The molecule has 0 bridgehead atoms. The number of ether oxygens (including phenoxy) is 2. The van der Waals surface area contributed by atoms with Gasteiger partial charge in [0.25, 0.3) is 11.8 Å². The highest BCUT2D eigenvalue weighted by Gasteiger charge is 2.22. The Bertz CT molecular complexity index is 745. The Labute approximate surface area is 169 Å². The summed E-state index contributed by atoms with van der Waals surface area (Å²) >= 11 is 0. The van der Waals surface area contributed by atoms with E-state index in [9.17, 15) is 19.2 Å². The van der Waals surface area contributed by atoms with Crippen molar-refractivity contribution in [3.63, 3.8) is 0 Å². The standard InChI is InChI=1S/C20H27N3O6/c1-13(18(25)23-20(27)22-14-8-4-3-5-9-14)29-17(24)12-21-19(26)15-10-6-7-11-16(15)28-2/h6-7,10-11,13-14H,3-5,8-9,12H2,1-2H3,(H,21,26)(H2,22,23,25,27)/t13-/m0/s1. The predicted octanol–water partition coefficient (Wildman–Crippen LogP) is 1.52. The van der Waals surface area contributed by atoms with Crippen LogP contribution in [0.15, 0.2) is 24.3 Å². The molecule has 0 unspecified atom stereocenters. The van der Waals surface area contributed by atoms with Crippen LogP contribution in [0.3, 0.4) is 0 Å².